The van der Waals surface area contributed by atoms with Gasteiger partial charge >= 0.3 is 0 Å². The fourth-order valence-electron chi connectivity index (χ4n) is 2.19. The van der Waals surface area contributed by atoms with Crippen LogP contribution in [0.3, 0.4) is 0 Å². The Kier molecular flexibility index (Phi) is 4.18. The van der Waals surface area contributed by atoms with Gasteiger partial charge in [0, 0.05) is 31.7 Å². The van der Waals surface area contributed by atoms with E-state index in [-0.39, 0.29) is 5.69 Å². The zero-order valence-corrected chi connectivity index (χ0v) is 14.4. The molecule has 1 aromatic rings. The van der Waals surface area contributed by atoms with Gasteiger partial charge in [-0.05, 0) is 31.7 Å². The zero-order chi connectivity index (χ0) is 16.7. The molecule has 1 heterocycles. The summed E-state index contributed by atoms with van der Waals surface area (Å²) in [6.07, 6.45) is 1.38. The number of thioether (sulfide) groups is 1. The lowest BCUT2D eigenvalue weighted by molar-refractivity contribution is -0.522. The highest BCUT2D eigenvalue weighted by atomic mass is 32.2. The maximum atomic E-state index is 12.7. The highest BCUT2D eigenvalue weighted by molar-refractivity contribution is 8.24. The van der Waals surface area contributed by atoms with E-state index in [2.05, 4.69) is 0 Å². The van der Waals surface area contributed by atoms with Crippen LogP contribution in [0.25, 0.3) is 0 Å². The summed E-state index contributed by atoms with van der Waals surface area (Å²) in [5.74, 6) is 0. The first kappa shape index (κ1) is 16.7. The molecule has 1 atom stereocenters. The van der Waals surface area contributed by atoms with E-state index in [0.29, 0.717) is 9.88 Å². The number of non-ortho nitro benzene ring substituents is 1. The summed E-state index contributed by atoms with van der Waals surface area (Å²) in [6, 6.07) is 5.99. The average Bonchev–Trinajstić information content (AvgIpc) is 2.60. The third-order valence-corrected chi connectivity index (χ3v) is 6.35. The molecule has 0 saturated carbocycles. The second kappa shape index (κ2) is 5.51. The summed E-state index contributed by atoms with van der Waals surface area (Å²) in [6.45, 7) is 5.73. The molecule has 22 heavy (non-hydrogen) atoms. The number of nitro groups is 1. The first-order valence-electron chi connectivity index (χ1n) is 6.62. The molecule has 1 aliphatic rings. The summed E-state index contributed by atoms with van der Waals surface area (Å²) in [4.78, 5) is 11.4. The number of hydrogen-bond donors (Lipinski definition) is 0. The van der Waals surface area contributed by atoms with Crippen molar-refractivity contribution in [3.05, 3.63) is 45.2 Å². The molecule has 0 N–H and O–H groups in total. The first-order chi connectivity index (χ1) is 10.1. The molecule has 0 bridgehead atoms. The average molecular weight is 339 g/mol. The fraction of sp³-hybridized carbons (Fsp3) is 0.429. The highest BCUT2D eigenvalue weighted by Crippen LogP contribution is 2.48. The van der Waals surface area contributed by atoms with E-state index in [1.54, 1.807) is 12.1 Å². The van der Waals surface area contributed by atoms with Gasteiger partial charge in [-0.1, -0.05) is 18.3 Å². The van der Waals surface area contributed by atoms with Crippen LogP contribution in [0.5, 0.6) is 0 Å². The Bertz CT molecular complexity index is 675. The van der Waals surface area contributed by atoms with Gasteiger partial charge in [-0.3, -0.25) is 10.1 Å². The standard InChI is InChI=1S/C14H17N3O3S2/c1-13(2)14(3,22-12(21)15(13)4)16(18)9-10-6-5-7-11(8-10)17(19)20/h5-9H,1-4H3/b16-9+. The molecule has 1 saturated heterocycles. The van der Waals surface area contributed by atoms with Gasteiger partial charge in [-0.2, -0.15) is 4.74 Å². The van der Waals surface area contributed by atoms with Crippen molar-refractivity contribution in [2.45, 2.75) is 31.2 Å². The van der Waals surface area contributed by atoms with Crippen LogP contribution in [0.2, 0.25) is 0 Å². The maximum Gasteiger partial charge on any atom is 0.270 e. The van der Waals surface area contributed by atoms with E-state index in [1.165, 1.54) is 30.1 Å². The molecule has 118 valence electrons. The minimum absolute atomic E-state index is 0.0433. The van der Waals surface area contributed by atoms with Gasteiger partial charge in [0.15, 0.2) is 6.21 Å². The Morgan fingerprint density at radius 3 is 2.45 bits per heavy atom. The van der Waals surface area contributed by atoms with Crippen LogP contribution in [0, 0.1) is 15.3 Å². The number of hydrogen-bond acceptors (Lipinski definition) is 5. The summed E-state index contributed by atoms with van der Waals surface area (Å²) in [7, 11) is 1.86. The number of nitrogens with zero attached hydrogens (tertiary/aromatic N) is 3. The first-order valence-corrected chi connectivity index (χ1v) is 7.84. The molecule has 1 unspecified atom stereocenters. The van der Waals surface area contributed by atoms with Gasteiger partial charge in [0.05, 0.1) is 4.92 Å². The molecule has 8 heteroatoms. The topological polar surface area (TPSA) is 72.5 Å². The molecular weight excluding hydrogens is 322 g/mol. The highest BCUT2D eigenvalue weighted by Gasteiger charge is 2.59. The third-order valence-electron chi connectivity index (χ3n) is 4.30. The van der Waals surface area contributed by atoms with Gasteiger partial charge in [-0.25, -0.2) is 0 Å². The van der Waals surface area contributed by atoms with Gasteiger partial charge in [0.25, 0.3) is 5.69 Å². The van der Waals surface area contributed by atoms with Crippen molar-refractivity contribution in [3.8, 4) is 0 Å². The predicted octanol–water partition coefficient (Wildman–Crippen LogP) is 2.98. The van der Waals surface area contributed by atoms with Crippen molar-refractivity contribution in [3.63, 3.8) is 0 Å². The normalized spacial score (nSPS) is 24.6. The van der Waals surface area contributed by atoms with Gasteiger partial charge in [0.1, 0.15) is 9.86 Å². The molecule has 1 aliphatic heterocycles. The van der Waals surface area contributed by atoms with Crippen LogP contribution in [-0.4, -0.2) is 42.6 Å². The number of thiocarbonyl (C=S) groups is 1. The Morgan fingerprint density at radius 1 is 1.32 bits per heavy atom. The number of rotatable bonds is 3. The maximum absolute atomic E-state index is 12.7. The van der Waals surface area contributed by atoms with E-state index in [0.717, 1.165) is 4.74 Å². The van der Waals surface area contributed by atoms with Crippen LogP contribution >= 0.6 is 24.0 Å². The summed E-state index contributed by atoms with van der Waals surface area (Å²) < 4.78 is 1.49. The third kappa shape index (κ3) is 2.56. The van der Waals surface area contributed by atoms with Crippen LogP contribution in [0.4, 0.5) is 5.69 Å². The number of nitro benzene ring substituents is 1. The number of hydroxylamine groups is 1. The Morgan fingerprint density at radius 2 is 1.95 bits per heavy atom. The molecule has 0 amide bonds. The van der Waals surface area contributed by atoms with Crippen molar-refractivity contribution in [2.24, 2.45) is 0 Å². The smallest absolute Gasteiger partial charge is 0.270 e. The molecule has 0 radical (unpaired) electrons. The van der Waals surface area contributed by atoms with E-state index in [9.17, 15) is 15.3 Å². The Balaban J connectivity index is 2.43. The van der Waals surface area contributed by atoms with Crippen LogP contribution < -0.4 is 0 Å². The van der Waals surface area contributed by atoms with Gasteiger partial charge in [0.2, 0.25) is 4.87 Å². The predicted molar refractivity (Wildman–Crippen MR) is 92.3 cm³/mol. The minimum Gasteiger partial charge on any atom is -0.623 e. The summed E-state index contributed by atoms with van der Waals surface area (Å²) >= 11 is 6.63. The van der Waals surface area contributed by atoms with Crippen LogP contribution in [0.1, 0.15) is 26.3 Å². The second-order valence-corrected chi connectivity index (χ2v) is 7.81. The lowest BCUT2D eigenvalue weighted by Gasteiger charge is -2.37. The molecule has 1 aromatic carbocycles. The van der Waals surface area contributed by atoms with Gasteiger partial charge < -0.3 is 10.1 Å². The van der Waals surface area contributed by atoms with E-state index < -0.39 is 15.3 Å². The SMILES string of the molecule is CN1C(=S)SC(C)(/[N+]([O-])=C\c2cccc([N+](=O)[O-])c2)C1(C)C. The summed E-state index contributed by atoms with van der Waals surface area (Å²) in [5, 5.41) is 23.5. The molecule has 0 aliphatic carbocycles. The second-order valence-electron chi connectivity index (χ2n) is 5.78. The molecule has 0 aromatic heterocycles. The minimum atomic E-state index is -0.816. The molecular formula is C14H17N3O3S2. The van der Waals surface area contributed by atoms with Gasteiger partial charge in [-0.15, -0.1) is 0 Å². The Labute approximate surface area is 138 Å². The lowest BCUT2D eigenvalue weighted by Crippen LogP contribution is -2.55. The van der Waals surface area contributed by atoms with E-state index >= 15 is 0 Å². The van der Waals surface area contributed by atoms with E-state index in [4.69, 9.17) is 12.2 Å². The largest absolute Gasteiger partial charge is 0.623 e. The molecule has 1 fully saturated rings. The molecule has 6 nitrogen and oxygen atoms in total. The summed E-state index contributed by atoms with van der Waals surface area (Å²) in [5.41, 5.74) is -0.0335. The zero-order valence-electron chi connectivity index (χ0n) is 12.8. The monoisotopic (exact) mass is 339 g/mol. The number of benzene rings is 1. The Hall–Kier alpha value is -1.67. The van der Waals surface area contributed by atoms with E-state index in [1.807, 2.05) is 32.7 Å². The molecule has 2 rings (SSSR count). The molecule has 0 spiro atoms. The van der Waals surface area contributed by atoms with Crippen molar-refractivity contribution in [1.82, 2.24) is 4.90 Å². The van der Waals surface area contributed by atoms with Crippen molar-refractivity contribution < 1.29 is 9.66 Å². The van der Waals surface area contributed by atoms with Crippen molar-refractivity contribution in [1.29, 1.82) is 0 Å². The fourth-order valence-corrected chi connectivity index (χ4v) is 4.14. The van der Waals surface area contributed by atoms with Crippen LogP contribution in [0.15, 0.2) is 24.3 Å². The quantitative estimate of drug-likeness (QED) is 0.210. The lowest BCUT2D eigenvalue weighted by atomic mass is 9.94. The van der Waals surface area contributed by atoms with Crippen molar-refractivity contribution >= 4 is 40.2 Å². The number of likely N-dealkylation sites (N-methyl/N-ethyl adjacent to an activating group) is 1. The van der Waals surface area contributed by atoms with Crippen molar-refractivity contribution in [2.75, 3.05) is 7.05 Å². The van der Waals surface area contributed by atoms with Crippen LogP contribution in [-0.2, 0) is 0 Å².